The predicted octanol–water partition coefficient (Wildman–Crippen LogP) is 5.80. The highest BCUT2D eigenvalue weighted by Gasteiger charge is 2.22. The van der Waals surface area contributed by atoms with Gasteiger partial charge in [0, 0.05) is 11.6 Å². The lowest BCUT2D eigenvalue weighted by atomic mass is 9.95. The lowest BCUT2D eigenvalue weighted by Gasteiger charge is -2.24. The molecule has 0 bridgehead atoms. The summed E-state index contributed by atoms with van der Waals surface area (Å²) in [6, 6.07) is 14.3. The van der Waals surface area contributed by atoms with Crippen LogP contribution in [0, 0.1) is 0 Å². The van der Waals surface area contributed by atoms with Crippen molar-refractivity contribution in [2.75, 3.05) is 11.9 Å². The molecule has 136 valence electrons. The largest absolute Gasteiger partial charge is 0.479 e. The molecule has 2 aromatic heterocycles. The second-order valence-corrected chi connectivity index (χ2v) is 7.17. The maximum absolute atomic E-state index is 6.49. The summed E-state index contributed by atoms with van der Waals surface area (Å²) in [4.78, 5) is 4.89. The van der Waals surface area contributed by atoms with E-state index in [1.54, 1.807) is 0 Å². The maximum Gasteiger partial charge on any atom is 0.200 e. The molecule has 1 fully saturated rings. The minimum atomic E-state index is 0.458. The summed E-state index contributed by atoms with van der Waals surface area (Å²) >= 11 is 6.49. The third-order valence-corrected chi connectivity index (χ3v) is 5.30. The molecule has 0 amide bonds. The van der Waals surface area contributed by atoms with Gasteiger partial charge in [-0.15, -0.1) is 0 Å². The summed E-state index contributed by atoms with van der Waals surface area (Å²) in [7, 11) is 0. The molecule has 26 heavy (non-hydrogen) atoms. The van der Waals surface area contributed by atoms with E-state index >= 15 is 0 Å². The van der Waals surface area contributed by atoms with Crippen LogP contribution < -0.4 is 10.1 Å². The summed E-state index contributed by atoms with van der Waals surface area (Å²) in [5.41, 5.74) is 2.69. The standard InChI is InChI=1S/C21H24ClN3O/c1-2-26-19-14-8-13-18-24-20(16-11-6-7-12-17(16)22)21(25(18)19)23-15-9-4-3-5-10-15/h6-8,11-15,23H,2-5,9-10H2,1H3. The van der Waals surface area contributed by atoms with E-state index in [1.807, 2.05) is 49.4 Å². The zero-order valence-electron chi connectivity index (χ0n) is 15.0. The number of nitrogens with zero attached hydrogens (tertiary/aromatic N) is 2. The van der Waals surface area contributed by atoms with Crippen LogP contribution in [0.1, 0.15) is 39.0 Å². The number of hydrogen-bond donors (Lipinski definition) is 1. The minimum Gasteiger partial charge on any atom is -0.479 e. The number of imidazole rings is 1. The van der Waals surface area contributed by atoms with Gasteiger partial charge in [0.1, 0.15) is 17.2 Å². The van der Waals surface area contributed by atoms with Crippen molar-refractivity contribution in [2.24, 2.45) is 0 Å². The fraction of sp³-hybridized carbons (Fsp3) is 0.381. The highest BCUT2D eigenvalue weighted by atomic mass is 35.5. The molecule has 1 aromatic carbocycles. The van der Waals surface area contributed by atoms with Crippen LogP contribution in [-0.2, 0) is 0 Å². The second-order valence-electron chi connectivity index (χ2n) is 6.76. The number of halogens is 1. The Balaban J connectivity index is 1.88. The predicted molar refractivity (Wildman–Crippen MR) is 107 cm³/mol. The van der Waals surface area contributed by atoms with Crippen LogP contribution in [0.25, 0.3) is 16.9 Å². The lowest BCUT2D eigenvalue weighted by molar-refractivity contribution is 0.323. The number of benzene rings is 1. The third-order valence-electron chi connectivity index (χ3n) is 4.98. The van der Waals surface area contributed by atoms with Crippen molar-refractivity contribution in [3.05, 3.63) is 47.5 Å². The van der Waals surface area contributed by atoms with Gasteiger partial charge in [0.05, 0.1) is 11.6 Å². The Morgan fingerprint density at radius 3 is 2.69 bits per heavy atom. The van der Waals surface area contributed by atoms with Crippen molar-refractivity contribution in [1.82, 2.24) is 9.38 Å². The molecule has 0 saturated heterocycles. The SMILES string of the molecule is CCOc1cccc2nc(-c3ccccc3Cl)c(NC3CCCCC3)n12. The topological polar surface area (TPSA) is 38.6 Å². The molecule has 4 rings (SSSR count). The normalized spacial score (nSPS) is 15.3. The number of ether oxygens (including phenoxy) is 1. The van der Waals surface area contributed by atoms with Crippen LogP contribution in [0.3, 0.4) is 0 Å². The van der Waals surface area contributed by atoms with Gasteiger partial charge in [0.2, 0.25) is 5.88 Å². The van der Waals surface area contributed by atoms with Crippen LogP contribution in [0.4, 0.5) is 5.82 Å². The van der Waals surface area contributed by atoms with Gasteiger partial charge in [-0.3, -0.25) is 0 Å². The molecule has 0 atom stereocenters. The van der Waals surface area contributed by atoms with Crippen LogP contribution in [0.5, 0.6) is 5.88 Å². The van der Waals surface area contributed by atoms with E-state index in [0.717, 1.165) is 28.6 Å². The quantitative estimate of drug-likeness (QED) is 0.617. The average Bonchev–Trinajstić information content (AvgIpc) is 3.02. The molecule has 1 N–H and O–H groups in total. The van der Waals surface area contributed by atoms with E-state index in [0.29, 0.717) is 17.7 Å². The van der Waals surface area contributed by atoms with Gasteiger partial charge in [-0.25, -0.2) is 9.38 Å². The first-order valence-corrected chi connectivity index (χ1v) is 9.81. The number of hydrogen-bond acceptors (Lipinski definition) is 3. The third kappa shape index (κ3) is 3.26. The first kappa shape index (κ1) is 17.2. The monoisotopic (exact) mass is 369 g/mol. The van der Waals surface area contributed by atoms with Gasteiger partial charge in [-0.2, -0.15) is 0 Å². The molecule has 4 nitrogen and oxygen atoms in total. The number of fused-ring (bicyclic) bond motifs is 1. The van der Waals surface area contributed by atoms with Gasteiger partial charge in [-0.05, 0) is 38.0 Å². The van der Waals surface area contributed by atoms with E-state index in [2.05, 4.69) is 9.72 Å². The van der Waals surface area contributed by atoms with Crippen molar-refractivity contribution in [3.8, 4) is 17.1 Å². The summed E-state index contributed by atoms with van der Waals surface area (Å²) < 4.78 is 7.96. The fourth-order valence-corrected chi connectivity index (χ4v) is 3.96. The first-order valence-electron chi connectivity index (χ1n) is 9.43. The number of aromatic nitrogens is 2. The molecule has 2 heterocycles. The van der Waals surface area contributed by atoms with Crippen molar-refractivity contribution >= 4 is 23.1 Å². The van der Waals surface area contributed by atoms with Gasteiger partial charge in [0.25, 0.3) is 0 Å². The molecule has 5 heteroatoms. The van der Waals surface area contributed by atoms with Gasteiger partial charge in [0.15, 0.2) is 0 Å². The van der Waals surface area contributed by atoms with E-state index in [4.69, 9.17) is 21.3 Å². The van der Waals surface area contributed by atoms with Gasteiger partial charge in [-0.1, -0.05) is 55.1 Å². The Morgan fingerprint density at radius 2 is 1.92 bits per heavy atom. The highest BCUT2D eigenvalue weighted by molar-refractivity contribution is 6.33. The van der Waals surface area contributed by atoms with Gasteiger partial charge >= 0.3 is 0 Å². The fourth-order valence-electron chi connectivity index (χ4n) is 3.74. The van der Waals surface area contributed by atoms with Crippen LogP contribution in [0.2, 0.25) is 5.02 Å². The Kier molecular flexibility index (Phi) is 5.02. The summed E-state index contributed by atoms with van der Waals surface area (Å²) in [5.74, 6) is 1.78. The average molecular weight is 370 g/mol. The first-order chi connectivity index (χ1) is 12.8. The summed E-state index contributed by atoms with van der Waals surface area (Å²) in [6.07, 6.45) is 6.24. The Labute approximate surface area is 159 Å². The molecule has 1 aliphatic carbocycles. The molecule has 1 saturated carbocycles. The zero-order chi connectivity index (χ0) is 17.9. The molecule has 0 radical (unpaired) electrons. The number of pyridine rings is 1. The number of rotatable bonds is 5. The minimum absolute atomic E-state index is 0.458. The van der Waals surface area contributed by atoms with Crippen molar-refractivity contribution in [2.45, 2.75) is 45.1 Å². The Bertz CT molecular complexity index is 899. The highest BCUT2D eigenvalue weighted by Crippen LogP contribution is 2.37. The molecule has 0 unspecified atom stereocenters. The van der Waals surface area contributed by atoms with E-state index < -0.39 is 0 Å². The number of nitrogens with one attached hydrogen (secondary N) is 1. The van der Waals surface area contributed by atoms with Gasteiger partial charge < -0.3 is 10.1 Å². The molecule has 0 aliphatic heterocycles. The lowest BCUT2D eigenvalue weighted by Crippen LogP contribution is -2.23. The Morgan fingerprint density at radius 1 is 1.12 bits per heavy atom. The Hall–Kier alpha value is -2.20. The summed E-state index contributed by atoms with van der Waals surface area (Å²) in [5, 5.41) is 4.47. The summed E-state index contributed by atoms with van der Waals surface area (Å²) in [6.45, 7) is 2.61. The van der Waals surface area contributed by atoms with Crippen molar-refractivity contribution < 1.29 is 4.74 Å². The molecular weight excluding hydrogens is 346 g/mol. The molecule has 1 aliphatic rings. The van der Waals surface area contributed by atoms with Crippen molar-refractivity contribution in [1.29, 1.82) is 0 Å². The van der Waals surface area contributed by atoms with E-state index in [9.17, 15) is 0 Å². The smallest absolute Gasteiger partial charge is 0.200 e. The molecule has 0 spiro atoms. The maximum atomic E-state index is 6.49. The second kappa shape index (κ2) is 7.58. The molecular formula is C21H24ClN3O. The number of anilines is 1. The van der Waals surface area contributed by atoms with Crippen molar-refractivity contribution in [3.63, 3.8) is 0 Å². The zero-order valence-corrected chi connectivity index (χ0v) is 15.8. The van der Waals surface area contributed by atoms with E-state index in [-0.39, 0.29) is 0 Å². The van der Waals surface area contributed by atoms with Crippen LogP contribution in [0.15, 0.2) is 42.5 Å². The van der Waals surface area contributed by atoms with Crippen LogP contribution in [-0.4, -0.2) is 22.0 Å². The van der Waals surface area contributed by atoms with Crippen LogP contribution >= 0.6 is 11.6 Å². The molecule has 3 aromatic rings. The van der Waals surface area contributed by atoms with E-state index in [1.165, 1.54) is 32.1 Å².